The summed E-state index contributed by atoms with van der Waals surface area (Å²) in [5.41, 5.74) is 1.26. The van der Waals surface area contributed by atoms with E-state index in [-0.39, 0.29) is 28.9 Å². The van der Waals surface area contributed by atoms with Crippen molar-refractivity contribution < 1.29 is 23.9 Å². The number of hydrogen-bond acceptors (Lipinski definition) is 5. The SMILES string of the molecule is C[C@@H](NC(=O)c1ccccc1NC(=O)COC(=O)c1cccc[n+]1[O-])c1ccccc1. The summed E-state index contributed by atoms with van der Waals surface area (Å²) in [6, 6.07) is 20.0. The number of pyridine rings is 1. The van der Waals surface area contributed by atoms with Gasteiger partial charge in [-0.05, 0) is 30.7 Å². The first-order valence-corrected chi connectivity index (χ1v) is 9.55. The van der Waals surface area contributed by atoms with Crippen LogP contribution in [-0.2, 0) is 9.53 Å². The minimum Gasteiger partial charge on any atom is -0.618 e. The zero-order valence-electron chi connectivity index (χ0n) is 16.8. The quantitative estimate of drug-likeness (QED) is 0.347. The average Bonchev–Trinajstić information content (AvgIpc) is 2.78. The van der Waals surface area contributed by atoms with Gasteiger partial charge in [-0.25, -0.2) is 4.79 Å². The molecule has 8 nitrogen and oxygen atoms in total. The molecule has 0 spiro atoms. The van der Waals surface area contributed by atoms with E-state index in [1.54, 1.807) is 24.3 Å². The monoisotopic (exact) mass is 419 g/mol. The van der Waals surface area contributed by atoms with Crippen molar-refractivity contribution in [2.75, 3.05) is 11.9 Å². The van der Waals surface area contributed by atoms with Crippen LogP contribution in [0, 0.1) is 5.21 Å². The van der Waals surface area contributed by atoms with Crippen LogP contribution in [0.15, 0.2) is 79.0 Å². The summed E-state index contributed by atoms with van der Waals surface area (Å²) in [7, 11) is 0. The van der Waals surface area contributed by atoms with Crippen LogP contribution in [0.1, 0.15) is 39.4 Å². The van der Waals surface area contributed by atoms with Crippen molar-refractivity contribution in [2.45, 2.75) is 13.0 Å². The minimum absolute atomic E-state index is 0.232. The number of amides is 2. The molecular formula is C23H21N3O5. The molecule has 0 aliphatic carbocycles. The Morgan fingerprint density at radius 1 is 0.968 bits per heavy atom. The number of carbonyl (C=O) groups is 3. The molecule has 0 aliphatic rings. The zero-order chi connectivity index (χ0) is 22.2. The Balaban J connectivity index is 1.62. The van der Waals surface area contributed by atoms with Gasteiger partial charge >= 0.3 is 11.7 Å². The second-order valence-corrected chi connectivity index (χ2v) is 6.69. The molecule has 158 valence electrons. The molecule has 1 heterocycles. The highest BCUT2D eigenvalue weighted by molar-refractivity contribution is 6.04. The maximum absolute atomic E-state index is 12.7. The molecule has 0 saturated heterocycles. The highest BCUT2D eigenvalue weighted by Gasteiger charge is 2.20. The van der Waals surface area contributed by atoms with Gasteiger partial charge in [0.2, 0.25) is 0 Å². The van der Waals surface area contributed by atoms with Crippen molar-refractivity contribution >= 4 is 23.5 Å². The van der Waals surface area contributed by atoms with E-state index < -0.39 is 18.5 Å². The lowest BCUT2D eigenvalue weighted by Gasteiger charge is -2.16. The van der Waals surface area contributed by atoms with Crippen LogP contribution < -0.4 is 15.4 Å². The maximum Gasteiger partial charge on any atom is 0.405 e. The average molecular weight is 419 g/mol. The van der Waals surface area contributed by atoms with Crippen LogP contribution in [0.25, 0.3) is 0 Å². The number of carbonyl (C=O) groups excluding carboxylic acids is 3. The number of benzene rings is 2. The van der Waals surface area contributed by atoms with E-state index in [4.69, 9.17) is 4.74 Å². The molecule has 3 rings (SSSR count). The van der Waals surface area contributed by atoms with Crippen LogP contribution in [0.5, 0.6) is 0 Å². The summed E-state index contributed by atoms with van der Waals surface area (Å²) in [6.45, 7) is 1.25. The highest BCUT2D eigenvalue weighted by atomic mass is 16.5. The van der Waals surface area contributed by atoms with E-state index in [0.717, 1.165) is 11.8 Å². The van der Waals surface area contributed by atoms with Gasteiger partial charge in [0.1, 0.15) is 0 Å². The van der Waals surface area contributed by atoms with Gasteiger partial charge in [-0.2, -0.15) is 4.73 Å². The van der Waals surface area contributed by atoms with E-state index in [2.05, 4.69) is 10.6 Å². The van der Waals surface area contributed by atoms with Crippen LogP contribution in [0.3, 0.4) is 0 Å². The Morgan fingerprint density at radius 2 is 1.65 bits per heavy atom. The second kappa shape index (κ2) is 10.0. The van der Waals surface area contributed by atoms with Crippen LogP contribution in [0.2, 0.25) is 0 Å². The van der Waals surface area contributed by atoms with Gasteiger partial charge in [0.05, 0.1) is 17.3 Å². The van der Waals surface area contributed by atoms with Crippen molar-refractivity contribution in [3.05, 3.63) is 101 Å². The fourth-order valence-electron chi connectivity index (χ4n) is 2.87. The summed E-state index contributed by atoms with van der Waals surface area (Å²) in [6.07, 6.45) is 1.15. The zero-order valence-corrected chi connectivity index (χ0v) is 16.8. The molecule has 0 unspecified atom stereocenters. The van der Waals surface area contributed by atoms with Crippen LogP contribution in [-0.4, -0.2) is 24.4 Å². The number of anilines is 1. The normalized spacial score (nSPS) is 11.3. The topological polar surface area (TPSA) is 111 Å². The summed E-state index contributed by atoms with van der Waals surface area (Å²) in [5.74, 6) is -1.92. The number of esters is 1. The Kier molecular flexibility index (Phi) is 6.95. The predicted octanol–water partition coefficient (Wildman–Crippen LogP) is 2.61. The van der Waals surface area contributed by atoms with E-state index in [1.165, 1.54) is 18.2 Å². The lowest BCUT2D eigenvalue weighted by Crippen LogP contribution is -2.35. The Bertz CT molecular complexity index is 1090. The summed E-state index contributed by atoms with van der Waals surface area (Å²) in [5, 5.41) is 17.0. The smallest absolute Gasteiger partial charge is 0.405 e. The lowest BCUT2D eigenvalue weighted by molar-refractivity contribution is -0.608. The molecule has 3 aromatic rings. The molecule has 1 atom stereocenters. The fraction of sp³-hybridized carbons (Fsp3) is 0.130. The number of hydrogen-bond donors (Lipinski definition) is 2. The van der Waals surface area contributed by atoms with Gasteiger partial charge in [-0.15, -0.1) is 0 Å². The third-order valence-corrected chi connectivity index (χ3v) is 4.46. The number of aromatic nitrogens is 1. The highest BCUT2D eigenvalue weighted by Crippen LogP contribution is 2.18. The Labute approximate surface area is 179 Å². The van der Waals surface area contributed by atoms with Gasteiger partial charge < -0.3 is 20.6 Å². The number of ether oxygens (including phenoxy) is 1. The van der Waals surface area contributed by atoms with Gasteiger partial charge in [-0.1, -0.05) is 42.5 Å². The number of nitrogens with zero attached hydrogens (tertiary/aromatic N) is 1. The third kappa shape index (κ3) is 5.66. The number of para-hydroxylation sites is 1. The number of rotatable bonds is 7. The van der Waals surface area contributed by atoms with E-state index in [0.29, 0.717) is 4.73 Å². The molecule has 2 amide bonds. The molecule has 0 radical (unpaired) electrons. The third-order valence-electron chi connectivity index (χ3n) is 4.46. The first-order valence-electron chi connectivity index (χ1n) is 9.55. The van der Waals surface area contributed by atoms with Gasteiger partial charge in [0, 0.05) is 12.1 Å². The minimum atomic E-state index is -0.923. The Hall–Kier alpha value is -4.20. The molecule has 31 heavy (non-hydrogen) atoms. The molecule has 2 N–H and O–H groups in total. The fourth-order valence-corrected chi connectivity index (χ4v) is 2.87. The molecule has 0 fully saturated rings. The van der Waals surface area contributed by atoms with E-state index in [1.807, 2.05) is 37.3 Å². The van der Waals surface area contributed by atoms with Crippen molar-refractivity contribution in [3.8, 4) is 0 Å². The van der Waals surface area contributed by atoms with Crippen molar-refractivity contribution in [1.29, 1.82) is 0 Å². The molecular weight excluding hydrogens is 398 g/mol. The van der Waals surface area contributed by atoms with Crippen LogP contribution in [0.4, 0.5) is 5.69 Å². The molecule has 1 aromatic heterocycles. The van der Waals surface area contributed by atoms with Crippen molar-refractivity contribution in [1.82, 2.24) is 5.32 Å². The second-order valence-electron chi connectivity index (χ2n) is 6.69. The number of nitrogens with one attached hydrogen (secondary N) is 2. The summed E-state index contributed by atoms with van der Waals surface area (Å²) >= 11 is 0. The van der Waals surface area contributed by atoms with Crippen LogP contribution >= 0.6 is 0 Å². The van der Waals surface area contributed by atoms with E-state index in [9.17, 15) is 19.6 Å². The Morgan fingerprint density at radius 3 is 2.39 bits per heavy atom. The van der Waals surface area contributed by atoms with E-state index >= 15 is 0 Å². The van der Waals surface area contributed by atoms with Gasteiger partial charge in [0.25, 0.3) is 11.8 Å². The summed E-state index contributed by atoms with van der Waals surface area (Å²) in [4.78, 5) is 36.9. The van der Waals surface area contributed by atoms with Crippen molar-refractivity contribution in [2.24, 2.45) is 0 Å². The molecule has 0 bridgehead atoms. The van der Waals surface area contributed by atoms with Gasteiger partial charge in [-0.3, -0.25) is 9.59 Å². The molecule has 0 saturated carbocycles. The molecule has 2 aromatic carbocycles. The predicted molar refractivity (Wildman–Crippen MR) is 113 cm³/mol. The largest absolute Gasteiger partial charge is 0.618 e. The van der Waals surface area contributed by atoms with Crippen molar-refractivity contribution in [3.63, 3.8) is 0 Å². The summed E-state index contributed by atoms with van der Waals surface area (Å²) < 4.78 is 5.25. The maximum atomic E-state index is 12.7. The first kappa shape index (κ1) is 21.5. The lowest BCUT2D eigenvalue weighted by atomic mass is 10.1. The standard InChI is InChI=1S/C23H21N3O5/c1-16(17-9-3-2-4-10-17)24-22(28)18-11-5-6-12-19(18)25-21(27)15-31-23(29)20-13-7-8-14-26(20)30/h2-14,16H,15H2,1H3,(H,24,28)(H,25,27)/t16-/m1/s1. The molecule has 0 aliphatic heterocycles. The molecule has 8 heteroatoms. The van der Waals surface area contributed by atoms with Gasteiger partial charge in [0.15, 0.2) is 12.8 Å². The first-order chi connectivity index (χ1) is 15.0.